The van der Waals surface area contributed by atoms with Crippen molar-refractivity contribution in [2.24, 2.45) is 5.73 Å². The van der Waals surface area contributed by atoms with Crippen LogP contribution in [0.5, 0.6) is 0 Å². The van der Waals surface area contributed by atoms with Gasteiger partial charge in [-0.15, -0.1) is 0 Å². The van der Waals surface area contributed by atoms with E-state index in [1.807, 2.05) is 0 Å². The topological polar surface area (TPSA) is 114 Å². The molecule has 0 aromatic carbocycles. The summed E-state index contributed by atoms with van der Waals surface area (Å²) in [6.45, 7) is 3.81. The molecule has 0 aliphatic rings. The number of carbonyl (C=O) groups is 1. The fourth-order valence-electron chi connectivity index (χ4n) is 1.05. The predicted molar refractivity (Wildman–Crippen MR) is 58.0 cm³/mol. The Morgan fingerprint density at radius 3 is 2.69 bits per heavy atom. The van der Waals surface area contributed by atoms with Crippen molar-refractivity contribution in [1.29, 1.82) is 0 Å². The lowest BCUT2D eigenvalue weighted by atomic mass is 10.1. The molecule has 0 unspecified atom stereocenters. The van der Waals surface area contributed by atoms with Crippen molar-refractivity contribution in [3.05, 3.63) is 27.9 Å². The van der Waals surface area contributed by atoms with Gasteiger partial charge in [-0.25, -0.2) is 4.98 Å². The number of H-pyrrole nitrogens is 1. The lowest BCUT2D eigenvalue weighted by molar-refractivity contribution is -0.389. The van der Waals surface area contributed by atoms with E-state index >= 15 is 0 Å². The number of aromatic amines is 1. The van der Waals surface area contributed by atoms with Crippen LogP contribution >= 0.6 is 0 Å². The molecule has 1 aromatic rings. The standard InChI is InChI=1S/C9H14N4O3/c1-9(2,5-10)12-8(14)6-3-4-7(11-6)13(15)16/h3-4,11H,5,10H2,1-2H3,(H,12,14). The van der Waals surface area contributed by atoms with Gasteiger partial charge in [-0.2, -0.15) is 0 Å². The number of nitrogens with two attached hydrogens (primary N) is 1. The quantitative estimate of drug-likeness (QED) is 0.508. The summed E-state index contributed by atoms with van der Waals surface area (Å²) in [4.78, 5) is 23.9. The molecule has 4 N–H and O–H groups in total. The molecule has 0 saturated heterocycles. The second-order valence-corrected chi connectivity index (χ2v) is 4.06. The summed E-state index contributed by atoms with van der Waals surface area (Å²) in [6.07, 6.45) is 0. The molecule has 0 aliphatic carbocycles. The summed E-state index contributed by atoms with van der Waals surface area (Å²) in [7, 11) is 0. The van der Waals surface area contributed by atoms with Gasteiger partial charge in [0.2, 0.25) is 0 Å². The normalized spacial score (nSPS) is 11.2. The molecule has 0 atom stereocenters. The highest BCUT2D eigenvalue weighted by molar-refractivity contribution is 5.93. The van der Waals surface area contributed by atoms with Gasteiger partial charge < -0.3 is 21.2 Å². The van der Waals surface area contributed by atoms with Crippen LogP contribution in [0.1, 0.15) is 24.3 Å². The summed E-state index contributed by atoms with van der Waals surface area (Å²) < 4.78 is 0. The van der Waals surface area contributed by atoms with Gasteiger partial charge in [-0.1, -0.05) is 0 Å². The Hall–Kier alpha value is -1.89. The second-order valence-electron chi connectivity index (χ2n) is 4.06. The van der Waals surface area contributed by atoms with E-state index in [0.717, 1.165) is 0 Å². The largest absolute Gasteiger partial charge is 0.358 e. The highest BCUT2D eigenvalue weighted by Crippen LogP contribution is 2.10. The zero-order valence-electron chi connectivity index (χ0n) is 9.11. The zero-order chi connectivity index (χ0) is 12.3. The second kappa shape index (κ2) is 4.31. The Balaban J connectivity index is 2.77. The van der Waals surface area contributed by atoms with Crippen LogP contribution in [0.25, 0.3) is 0 Å². The van der Waals surface area contributed by atoms with Gasteiger partial charge in [-0.3, -0.25) is 4.79 Å². The van der Waals surface area contributed by atoms with Crippen molar-refractivity contribution in [3.63, 3.8) is 0 Å². The van der Waals surface area contributed by atoms with Crippen LogP contribution in [-0.4, -0.2) is 27.9 Å². The van der Waals surface area contributed by atoms with Crippen LogP contribution in [0.2, 0.25) is 0 Å². The molecule has 1 heterocycles. The SMILES string of the molecule is CC(C)(CN)NC(=O)c1ccc([N+](=O)[O-])[nH]1. The Morgan fingerprint density at radius 1 is 1.62 bits per heavy atom. The molecule has 0 bridgehead atoms. The number of nitro groups is 1. The number of hydrogen-bond acceptors (Lipinski definition) is 4. The molecule has 1 amide bonds. The minimum Gasteiger partial charge on any atom is -0.358 e. The van der Waals surface area contributed by atoms with Crippen molar-refractivity contribution in [3.8, 4) is 0 Å². The van der Waals surface area contributed by atoms with Crippen LogP contribution in [0.15, 0.2) is 12.1 Å². The number of nitrogens with one attached hydrogen (secondary N) is 2. The summed E-state index contributed by atoms with van der Waals surface area (Å²) in [6, 6.07) is 2.60. The summed E-state index contributed by atoms with van der Waals surface area (Å²) >= 11 is 0. The lowest BCUT2D eigenvalue weighted by Crippen LogP contribution is -2.48. The molecule has 0 saturated carbocycles. The summed E-state index contributed by atoms with van der Waals surface area (Å²) in [5, 5.41) is 13.1. The van der Waals surface area contributed by atoms with Gasteiger partial charge in [0.15, 0.2) is 5.69 Å². The molecule has 1 rings (SSSR count). The number of rotatable bonds is 4. The van der Waals surface area contributed by atoms with Crippen molar-refractivity contribution >= 4 is 11.7 Å². The highest BCUT2D eigenvalue weighted by Gasteiger charge is 2.22. The fourth-order valence-corrected chi connectivity index (χ4v) is 1.05. The van der Waals surface area contributed by atoms with E-state index in [2.05, 4.69) is 10.3 Å². The van der Waals surface area contributed by atoms with Crippen LogP contribution in [0.4, 0.5) is 5.82 Å². The molecule has 1 aromatic heterocycles. The molecule has 0 fully saturated rings. The molecule has 7 heteroatoms. The number of hydrogen-bond donors (Lipinski definition) is 3. The third kappa shape index (κ3) is 2.80. The van der Waals surface area contributed by atoms with Gasteiger partial charge in [0.25, 0.3) is 5.91 Å². The first-order valence-corrected chi connectivity index (χ1v) is 4.72. The van der Waals surface area contributed by atoms with Crippen LogP contribution < -0.4 is 11.1 Å². The molecule has 0 spiro atoms. The van der Waals surface area contributed by atoms with Crippen molar-refractivity contribution in [1.82, 2.24) is 10.3 Å². The number of amides is 1. The Labute approximate surface area is 92.2 Å². The van der Waals surface area contributed by atoms with Gasteiger partial charge >= 0.3 is 5.82 Å². The first-order chi connectivity index (χ1) is 7.35. The van der Waals surface area contributed by atoms with Gasteiger partial charge in [0.1, 0.15) is 0 Å². The zero-order valence-corrected chi connectivity index (χ0v) is 9.11. The predicted octanol–water partition coefficient (Wildman–Crippen LogP) is 0.390. The van der Waals surface area contributed by atoms with E-state index in [1.165, 1.54) is 12.1 Å². The van der Waals surface area contributed by atoms with Gasteiger partial charge in [0, 0.05) is 18.2 Å². The first-order valence-electron chi connectivity index (χ1n) is 4.72. The Bertz CT molecular complexity index is 411. The van der Waals surface area contributed by atoms with E-state index in [-0.39, 0.29) is 18.1 Å². The van der Waals surface area contributed by atoms with Crippen molar-refractivity contribution in [2.75, 3.05) is 6.54 Å². The summed E-state index contributed by atoms with van der Waals surface area (Å²) in [5.74, 6) is -0.626. The maximum Gasteiger partial charge on any atom is 0.321 e. The molecule has 16 heavy (non-hydrogen) atoms. The molecule has 0 aliphatic heterocycles. The van der Waals surface area contributed by atoms with Crippen molar-refractivity contribution < 1.29 is 9.72 Å². The Morgan fingerprint density at radius 2 is 2.25 bits per heavy atom. The van der Waals surface area contributed by atoms with E-state index in [9.17, 15) is 14.9 Å². The monoisotopic (exact) mass is 226 g/mol. The lowest BCUT2D eigenvalue weighted by Gasteiger charge is -2.23. The average Bonchev–Trinajstić information content (AvgIpc) is 2.66. The maximum atomic E-state index is 11.6. The number of carbonyl (C=O) groups excluding carboxylic acids is 1. The van der Waals surface area contributed by atoms with E-state index in [1.54, 1.807) is 13.8 Å². The fraction of sp³-hybridized carbons (Fsp3) is 0.444. The number of aromatic nitrogens is 1. The average molecular weight is 226 g/mol. The molecule has 0 radical (unpaired) electrons. The highest BCUT2D eigenvalue weighted by atomic mass is 16.6. The third-order valence-electron chi connectivity index (χ3n) is 2.07. The van der Waals surface area contributed by atoms with Crippen LogP contribution in [0, 0.1) is 10.1 Å². The van der Waals surface area contributed by atoms with E-state index in [4.69, 9.17) is 5.73 Å². The molecule has 7 nitrogen and oxygen atoms in total. The van der Waals surface area contributed by atoms with Crippen LogP contribution in [-0.2, 0) is 0 Å². The van der Waals surface area contributed by atoms with Gasteiger partial charge in [0.05, 0.1) is 0 Å². The van der Waals surface area contributed by atoms with Crippen molar-refractivity contribution in [2.45, 2.75) is 19.4 Å². The molecular weight excluding hydrogens is 212 g/mol. The molecular formula is C9H14N4O3. The first kappa shape index (κ1) is 12.2. The van der Waals surface area contributed by atoms with Gasteiger partial charge in [-0.05, 0) is 24.8 Å². The van der Waals surface area contributed by atoms with E-state index in [0.29, 0.717) is 0 Å². The maximum absolute atomic E-state index is 11.6. The van der Waals surface area contributed by atoms with E-state index < -0.39 is 16.4 Å². The summed E-state index contributed by atoms with van der Waals surface area (Å²) in [5.41, 5.74) is 5.05. The van der Waals surface area contributed by atoms with Crippen LogP contribution in [0.3, 0.4) is 0 Å². The minimum absolute atomic E-state index is 0.147. The Kier molecular flexibility index (Phi) is 3.28. The minimum atomic E-state index is -0.592. The smallest absolute Gasteiger partial charge is 0.321 e. The molecule has 88 valence electrons. The number of nitrogens with zero attached hydrogens (tertiary/aromatic N) is 1. The third-order valence-corrected chi connectivity index (χ3v) is 2.07.